The van der Waals surface area contributed by atoms with Gasteiger partial charge in [-0.05, 0) is 49.2 Å². The van der Waals surface area contributed by atoms with Crippen molar-refractivity contribution in [3.63, 3.8) is 0 Å². The lowest BCUT2D eigenvalue weighted by atomic mass is 10.0. The average molecular weight is 487 g/mol. The van der Waals surface area contributed by atoms with Gasteiger partial charge < -0.3 is 37.0 Å². The van der Waals surface area contributed by atoms with Gasteiger partial charge in [-0.15, -0.1) is 0 Å². The van der Waals surface area contributed by atoms with Gasteiger partial charge in [0, 0.05) is 12.8 Å². The maximum atomic E-state index is 13.1. The summed E-state index contributed by atoms with van der Waals surface area (Å²) in [7, 11) is 0. The number of aliphatic carboxylic acids is 1. The first-order chi connectivity index (χ1) is 16.5. The van der Waals surface area contributed by atoms with Gasteiger partial charge in [0.2, 0.25) is 17.7 Å². The summed E-state index contributed by atoms with van der Waals surface area (Å²) >= 11 is 0. The third-order valence-electron chi connectivity index (χ3n) is 5.17. The lowest BCUT2D eigenvalue weighted by Crippen LogP contribution is -2.57. The second-order valence-corrected chi connectivity index (χ2v) is 8.22. The number of aromatic hydroxyl groups is 2. The molecular formula is C24H30N4O7. The molecule has 0 aliphatic rings. The van der Waals surface area contributed by atoms with Crippen molar-refractivity contribution in [2.24, 2.45) is 5.73 Å². The molecule has 0 spiro atoms. The first-order valence-corrected chi connectivity index (χ1v) is 10.9. The van der Waals surface area contributed by atoms with Gasteiger partial charge in [-0.25, -0.2) is 4.79 Å². The molecule has 2 rings (SSSR count). The zero-order chi connectivity index (χ0) is 26.1. The van der Waals surface area contributed by atoms with Crippen LogP contribution in [0.25, 0.3) is 0 Å². The van der Waals surface area contributed by atoms with Crippen LogP contribution in [-0.2, 0) is 32.0 Å². The molecule has 11 nitrogen and oxygen atoms in total. The Bertz CT molecular complexity index is 1040. The van der Waals surface area contributed by atoms with E-state index in [1.807, 2.05) is 0 Å². The van der Waals surface area contributed by atoms with E-state index in [-0.39, 0.29) is 24.3 Å². The topological polar surface area (TPSA) is 191 Å². The van der Waals surface area contributed by atoms with Crippen molar-refractivity contribution >= 4 is 23.7 Å². The summed E-state index contributed by atoms with van der Waals surface area (Å²) < 4.78 is 0. The SMILES string of the molecule is CC(N)C(=O)NC(C)C(=O)NC(Cc1ccc(O)cc1)C(=O)NC(Cc1ccc(O)cc1)C(=O)O. The fourth-order valence-corrected chi connectivity index (χ4v) is 3.12. The van der Waals surface area contributed by atoms with Gasteiger partial charge in [-0.1, -0.05) is 24.3 Å². The van der Waals surface area contributed by atoms with Crippen LogP contribution in [-0.4, -0.2) is 63.2 Å². The Balaban J connectivity index is 2.19. The van der Waals surface area contributed by atoms with Crippen molar-refractivity contribution in [2.45, 2.75) is 50.9 Å². The van der Waals surface area contributed by atoms with E-state index in [1.165, 1.54) is 50.2 Å². The summed E-state index contributed by atoms with van der Waals surface area (Å²) in [5.41, 5.74) is 6.67. The van der Waals surface area contributed by atoms with E-state index < -0.39 is 47.9 Å². The largest absolute Gasteiger partial charge is 0.508 e. The molecule has 4 unspecified atom stereocenters. The third-order valence-corrected chi connectivity index (χ3v) is 5.17. The smallest absolute Gasteiger partial charge is 0.326 e. The Kier molecular flexibility index (Phi) is 9.59. The Labute approximate surface area is 202 Å². The molecule has 0 bridgehead atoms. The molecule has 0 aromatic heterocycles. The number of rotatable bonds is 11. The van der Waals surface area contributed by atoms with Crippen LogP contribution in [0.5, 0.6) is 11.5 Å². The molecule has 0 aliphatic heterocycles. The van der Waals surface area contributed by atoms with E-state index in [1.54, 1.807) is 12.1 Å². The highest BCUT2D eigenvalue weighted by molar-refractivity contribution is 5.94. The number of amides is 3. The monoisotopic (exact) mass is 486 g/mol. The van der Waals surface area contributed by atoms with Gasteiger partial charge >= 0.3 is 5.97 Å². The maximum absolute atomic E-state index is 13.1. The summed E-state index contributed by atoms with van der Waals surface area (Å²) in [5, 5.41) is 36.0. The van der Waals surface area contributed by atoms with Crippen LogP contribution in [0.15, 0.2) is 48.5 Å². The molecule has 0 fully saturated rings. The van der Waals surface area contributed by atoms with Crippen LogP contribution < -0.4 is 21.7 Å². The first kappa shape index (κ1) is 27.1. The second kappa shape index (κ2) is 12.4. The number of carboxylic acids is 1. The lowest BCUT2D eigenvalue weighted by Gasteiger charge is -2.24. The Hall–Kier alpha value is -4.12. The van der Waals surface area contributed by atoms with Crippen LogP contribution in [0, 0.1) is 0 Å². The van der Waals surface area contributed by atoms with E-state index in [2.05, 4.69) is 16.0 Å². The summed E-state index contributed by atoms with van der Waals surface area (Å²) in [6.45, 7) is 2.89. The highest BCUT2D eigenvalue weighted by Crippen LogP contribution is 2.13. The fourth-order valence-electron chi connectivity index (χ4n) is 3.12. The van der Waals surface area contributed by atoms with Crippen molar-refractivity contribution in [1.29, 1.82) is 0 Å². The Morgan fingerprint density at radius 2 is 1.14 bits per heavy atom. The molecule has 188 valence electrons. The number of phenolic OH excluding ortho intramolecular Hbond substituents is 2. The van der Waals surface area contributed by atoms with Gasteiger partial charge in [0.15, 0.2) is 0 Å². The highest BCUT2D eigenvalue weighted by Gasteiger charge is 2.29. The van der Waals surface area contributed by atoms with Gasteiger partial charge in [-0.3, -0.25) is 14.4 Å². The molecule has 2 aromatic rings. The zero-order valence-electron chi connectivity index (χ0n) is 19.4. The van der Waals surface area contributed by atoms with E-state index in [0.29, 0.717) is 11.1 Å². The van der Waals surface area contributed by atoms with Gasteiger partial charge in [0.25, 0.3) is 0 Å². The van der Waals surface area contributed by atoms with Crippen LogP contribution in [0.1, 0.15) is 25.0 Å². The maximum Gasteiger partial charge on any atom is 0.326 e. The van der Waals surface area contributed by atoms with E-state index in [0.717, 1.165) is 0 Å². The molecule has 8 N–H and O–H groups in total. The summed E-state index contributed by atoms with van der Waals surface area (Å²) in [4.78, 5) is 49.4. The molecule has 0 saturated carbocycles. The minimum Gasteiger partial charge on any atom is -0.508 e. The number of nitrogens with two attached hydrogens (primary N) is 1. The average Bonchev–Trinajstić information content (AvgIpc) is 2.80. The van der Waals surface area contributed by atoms with E-state index in [9.17, 15) is 34.5 Å². The van der Waals surface area contributed by atoms with Crippen molar-refractivity contribution in [1.82, 2.24) is 16.0 Å². The van der Waals surface area contributed by atoms with Crippen LogP contribution >= 0.6 is 0 Å². The van der Waals surface area contributed by atoms with Crippen LogP contribution in [0.3, 0.4) is 0 Å². The molecule has 0 heterocycles. The fraction of sp³-hybridized carbons (Fsp3) is 0.333. The standard InChI is InChI=1S/C24H30N4O7/c1-13(25)21(31)26-14(2)22(32)27-19(11-15-3-7-17(29)8-4-15)23(33)28-20(24(34)35)12-16-5-9-18(30)10-6-16/h3-10,13-14,19-20,29-30H,11-12,25H2,1-2H3,(H,26,31)(H,27,32)(H,28,33)(H,34,35). The zero-order valence-corrected chi connectivity index (χ0v) is 19.4. The normalized spacial score (nSPS) is 14.1. The number of carbonyl (C=O) groups is 4. The summed E-state index contributed by atoms with van der Waals surface area (Å²) in [6.07, 6.45) is -0.0561. The third kappa shape index (κ3) is 8.63. The quantitative estimate of drug-likeness (QED) is 0.227. The number of phenols is 2. The number of carboxylic acid groups (broad SMARTS) is 1. The van der Waals surface area contributed by atoms with Gasteiger partial charge in [0.05, 0.1) is 6.04 Å². The van der Waals surface area contributed by atoms with Crippen molar-refractivity contribution in [3.8, 4) is 11.5 Å². The molecular weight excluding hydrogens is 456 g/mol. The van der Waals surface area contributed by atoms with E-state index >= 15 is 0 Å². The summed E-state index contributed by atoms with van der Waals surface area (Å²) in [6, 6.07) is 7.53. The number of hydrogen-bond donors (Lipinski definition) is 7. The van der Waals surface area contributed by atoms with Crippen molar-refractivity contribution in [2.75, 3.05) is 0 Å². The predicted molar refractivity (Wildman–Crippen MR) is 126 cm³/mol. The van der Waals surface area contributed by atoms with E-state index in [4.69, 9.17) is 5.73 Å². The number of nitrogens with one attached hydrogen (secondary N) is 3. The molecule has 2 aromatic carbocycles. The molecule has 11 heteroatoms. The van der Waals surface area contributed by atoms with Crippen LogP contribution in [0.2, 0.25) is 0 Å². The number of carbonyl (C=O) groups excluding carboxylic acids is 3. The van der Waals surface area contributed by atoms with Crippen LogP contribution in [0.4, 0.5) is 0 Å². The Morgan fingerprint density at radius 3 is 1.57 bits per heavy atom. The minimum absolute atomic E-state index is 0.00262. The molecule has 0 radical (unpaired) electrons. The lowest BCUT2D eigenvalue weighted by molar-refractivity contribution is -0.142. The number of benzene rings is 2. The molecule has 0 aliphatic carbocycles. The Morgan fingerprint density at radius 1 is 0.714 bits per heavy atom. The first-order valence-electron chi connectivity index (χ1n) is 10.9. The summed E-state index contributed by atoms with van der Waals surface area (Å²) in [5.74, 6) is -3.20. The molecule has 3 amide bonds. The molecule has 4 atom stereocenters. The van der Waals surface area contributed by atoms with Gasteiger partial charge in [-0.2, -0.15) is 0 Å². The second-order valence-electron chi connectivity index (χ2n) is 8.22. The highest BCUT2D eigenvalue weighted by atomic mass is 16.4. The van der Waals surface area contributed by atoms with Crippen molar-refractivity contribution in [3.05, 3.63) is 59.7 Å². The molecule has 35 heavy (non-hydrogen) atoms. The predicted octanol–water partition coefficient (Wildman–Crippen LogP) is -0.211. The minimum atomic E-state index is -1.30. The van der Waals surface area contributed by atoms with Crippen molar-refractivity contribution < 1.29 is 34.5 Å². The van der Waals surface area contributed by atoms with Gasteiger partial charge in [0.1, 0.15) is 29.6 Å². The number of hydrogen-bond acceptors (Lipinski definition) is 7. The molecule has 0 saturated heterocycles.